The summed E-state index contributed by atoms with van der Waals surface area (Å²) in [5, 5.41) is 14.5. The van der Waals surface area contributed by atoms with Crippen LogP contribution in [0.3, 0.4) is 0 Å². The molecule has 0 bridgehead atoms. The molecule has 2 aromatic rings. The molecule has 1 aliphatic carbocycles. The number of piperidine rings is 1. The van der Waals surface area contributed by atoms with E-state index in [4.69, 9.17) is 4.74 Å². The number of amides is 1. The van der Waals surface area contributed by atoms with Crippen molar-refractivity contribution in [3.05, 3.63) is 59.2 Å². The number of fused-ring (bicyclic) bond motifs is 1. The SMILES string of the molecule is COc1ccc([C@@H]2[C@@H]3CCCC[C@]3(O)CCN2CC(=O)Nc2cc(C)ccc2C)cc1. The molecule has 31 heavy (non-hydrogen) atoms. The average Bonchev–Trinajstić information content (AvgIpc) is 2.76. The van der Waals surface area contributed by atoms with Gasteiger partial charge in [-0.2, -0.15) is 0 Å². The van der Waals surface area contributed by atoms with Crippen molar-refractivity contribution in [2.45, 2.75) is 57.6 Å². The number of anilines is 1. The van der Waals surface area contributed by atoms with E-state index in [9.17, 15) is 9.90 Å². The van der Waals surface area contributed by atoms with Gasteiger partial charge in [0.1, 0.15) is 5.75 Å². The smallest absolute Gasteiger partial charge is 0.238 e. The Morgan fingerprint density at radius 1 is 1.16 bits per heavy atom. The average molecular weight is 423 g/mol. The van der Waals surface area contributed by atoms with E-state index in [1.165, 1.54) is 0 Å². The lowest BCUT2D eigenvalue weighted by molar-refractivity contribution is -0.135. The van der Waals surface area contributed by atoms with E-state index in [0.29, 0.717) is 13.1 Å². The Morgan fingerprint density at radius 3 is 2.68 bits per heavy atom. The van der Waals surface area contributed by atoms with Crippen LogP contribution in [0.5, 0.6) is 5.75 Å². The number of methoxy groups -OCH3 is 1. The highest BCUT2D eigenvalue weighted by Gasteiger charge is 2.49. The molecule has 1 amide bonds. The molecule has 2 fully saturated rings. The molecule has 1 aliphatic heterocycles. The highest BCUT2D eigenvalue weighted by Crippen LogP contribution is 2.49. The normalized spacial score (nSPS) is 26.2. The number of hydrogen-bond donors (Lipinski definition) is 2. The second-order valence-electron chi connectivity index (χ2n) is 9.26. The van der Waals surface area contributed by atoms with Crippen LogP contribution >= 0.6 is 0 Å². The van der Waals surface area contributed by atoms with E-state index in [1.54, 1.807) is 7.11 Å². The lowest BCUT2D eigenvalue weighted by Gasteiger charge is -2.52. The van der Waals surface area contributed by atoms with Crippen LogP contribution in [0.2, 0.25) is 0 Å². The maximum absolute atomic E-state index is 13.0. The van der Waals surface area contributed by atoms with Crippen LogP contribution in [-0.2, 0) is 4.79 Å². The summed E-state index contributed by atoms with van der Waals surface area (Å²) in [7, 11) is 1.67. The molecule has 3 atom stereocenters. The van der Waals surface area contributed by atoms with Crippen LogP contribution in [0.25, 0.3) is 0 Å². The highest BCUT2D eigenvalue weighted by molar-refractivity contribution is 5.93. The van der Waals surface area contributed by atoms with Crippen LogP contribution in [0, 0.1) is 19.8 Å². The molecule has 0 spiro atoms. The largest absolute Gasteiger partial charge is 0.497 e. The molecule has 0 unspecified atom stereocenters. The van der Waals surface area contributed by atoms with Crippen molar-refractivity contribution in [2.75, 3.05) is 25.5 Å². The first-order valence-electron chi connectivity index (χ1n) is 11.4. The number of aryl methyl sites for hydroxylation is 2. The molecule has 0 aromatic heterocycles. The van der Waals surface area contributed by atoms with Gasteiger partial charge in [-0.15, -0.1) is 0 Å². The third-order valence-electron chi connectivity index (χ3n) is 7.14. The fourth-order valence-corrected chi connectivity index (χ4v) is 5.41. The zero-order chi connectivity index (χ0) is 22.0. The van der Waals surface area contributed by atoms with Crippen molar-refractivity contribution in [1.82, 2.24) is 4.90 Å². The summed E-state index contributed by atoms with van der Waals surface area (Å²) in [4.78, 5) is 15.3. The minimum absolute atomic E-state index is 0.00605. The topological polar surface area (TPSA) is 61.8 Å². The maximum atomic E-state index is 13.0. The predicted molar refractivity (Wildman–Crippen MR) is 123 cm³/mol. The molecule has 4 rings (SSSR count). The fourth-order valence-electron chi connectivity index (χ4n) is 5.41. The zero-order valence-electron chi connectivity index (χ0n) is 18.9. The third kappa shape index (κ3) is 4.63. The molecule has 166 valence electrons. The predicted octanol–water partition coefficient (Wildman–Crippen LogP) is 4.62. The molecule has 1 saturated carbocycles. The van der Waals surface area contributed by atoms with Crippen LogP contribution in [0.1, 0.15) is 54.8 Å². The summed E-state index contributed by atoms with van der Waals surface area (Å²) in [5.74, 6) is 0.947. The van der Waals surface area contributed by atoms with Crippen molar-refractivity contribution >= 4 is 11.6 Å². The summed E-state index contributed by atoms with van der Waals surface area (Å²) in [6.07, 6.45) is 4.77. The lowest BCUT2D eigenvalue weighted by atomic mass is 9.66. The van der Waals surface area contributed by atoms with E-state index in [-0.39, 0.29) is 17.9 Å². The van der Waals surface area contributed by atoms with Gasteiger partial charge in [0.25, 0.3) is 0 Å². The van der Waals surface area contributed by atoms with Crippen LogP contribution < -0.4 is 10.1 Å². The molecular formula is C26H34N2O3. The molecule has 2 N–H and O–H groups in total. The number of ether oxygens (including phenoxy) is 1. The first-order chi connectivity index (χ1) is 14.9. The van der Waals surface area contributed by atoms with Gasteiger partial charge in [-0.05, 0) is 68.0 Å². The van der Waals surface area contributed by atoms with Gasteiger partial charge in [-0.3, -0.25) is 9.69 Å². The maximum Gasteiger partial charge on any atom is 0.238 e. The van der Waals surface area contributed by atoms with Gasteiger partial charge in [-0.25, -0.2) is 0 Å². The monoisotopic (exact) mass is 422 g/mol. The number of aliphatic hydroxyl groups is 1. The lowest BCUT2D eigenvalue weighted by Crippen LogP contribution is -2.56. The third-order valence-corrected chi connectivity index (χ3v) is 7.14. The van der Waals surface area contributed by atoms with E-state index in [2.05, 4.69) is 28.4 Å². The van der Waals surface area contributed by atoms with Crippen molar-refractivity contribution in [1.29, 1.82) is 0 Å². The van der Waals surface area contributed by atoms with Crippen molar-refractivity contribution < 1.29 is 14.6 Å². The van der Waals surface area contributed by atoms with Gasteiger partial charge in [-0.1, -0.05) is 37.1 Å². The van der Waals surface area contributed by atoms with Crippen LogP contribution in [-0.4, -0.2) is 41.7 Å². The molecule has 2 aromatic carbocycles. The number of likely N-dealkylation sites (tertiary alicyclic amines) is 1. The molecular weight excluding hydrogens is 388 g/mol. The van der Waals surface area contributed by atoms with Gasteiger partial charge >= 0.3 is 0 Å². The number of hydrogen-bond acceptors (Lipinski definition) is 4. The number of rotatable bonds is 5. The molecule has 5 nitrogen and oxygen atoms in total. The van der Waals surface area contributed by atoms with Crippen LogP contribution in [0.15, 0.2) is 42.5 Å². The summed E-state index contributed by atoms with van der Waals surface area (Å²) in [5.41, 5.74) is 3.57. The quantitative estimate of drug-likeness (QED) is 0.738. The standard InChI is InChI=1S/C26H34N2O3/c1-18-7-8-19(2)23(16-18)27-24(29)17-28-15-14-26(30)13-5-4-6-22(26)25(28)20-9-11-21(31-3)12-10-20/h7-12,16,22,25,30H,4-6,13-15,17H2,1-3H3,(H,27,29)/t22-,25+,26-/m0/s1. The number of carbonyl (C=O) groups excluding carboxylic acids is 1. The van der Waals surface area contributed by atoms with Crippen molar-refractivity contribution in [3.8, 4) is 5.75 Å². The molecule has 1 heterocycles. The summed E-state index contributed by atoms with van der Waals surface area (Å²) >= 11 is 0. The molecule has 2 aliphatic rings. The van der Waals surface area contributed by atoms with Crippen molar-refractivity contribution in [3.63, 3.8) is 0 Å². The number of benzene rings is 2. The first-order valence-corrected chi connectivity index (χ1v) is 11.4. The summed E-state index contributed by atoms with van der Waals surface area (Å²) in [6, 6.07) is 14.2. The Bertz CT molecular complexity index is 927. The number of nitrogens with one attached hydrogen (secondary N) is 1. The summed E-state index contributed by atoms with van der Waals surface area (Å²) in [6.45, 7) is 5.07. The molecule has 5 heteroatoms. The van der Waals surface area contributed by atoms with Crippen molar-refractivity contribution in [2.24, 2.45) is 5.92 Å². The minimum atomic E-state index is -0.636. The Hall–Kier alpha value is -2.37. The summed E-state index contributed by atoms with van der Waals surface area (Å²) < 4.78 is 5.33. The number of nitrogens with zero attached hydrogens (tertiary/aromatic N) is 1. The van der Waals surface area contributed by atoms with E-state index < -0.39 is 5.60 Å². The van der Waals surface area contributed by atoms with Gasteiger partial charge in [0, 0.05) is 24.2 Å². The highest BCUT2D eigenvalue weighted by atomic mass is 16.5. The van der Waals surface area contributed by atoms with Gasteiger partial charge in [0.05, 0.1) is 19.3 Å². The Morgan fingerprint density at radius 2 is 1.94 bits per heavy atom. The van der Waals surface area contributed by atoms with Gasteiger partial charge in [0.2, 0.25) is 5.91 Å². The fraction of sp³-hybridized carbons (Fsp3) is 0.500. The minimum Gasteiger partial charge on any atom is -0.497 e. The number of carbonyl (C=O) groups is 1. The Balaban J connectivity index is 1.58. The first kappa shape index (κ1) is 21.8. The molecule has 1 saturated heterocycles. The second-order valence-corrected chi connectivity index (χ2v) is 9.26. The van der Waals surface area contributed by atoms with E-state index in [0.717, 1.165) is 60.2 Å². The van der Waals surface area contributed by atoms with Gasteiger partial charge < -0.3 is 15.2 Å². The van der Waals surface area contributed by atoms with Gasteiger partial charge in [0.15, 0.2) is 0 Å². The Kier molecular flexibility index (Phi) is 6.35. The zero-order valence-corrected chi connectivity index (χ0v) is 18.9. The van der Waals surface area contributed by atoms with E-state index >= 15 is 0 Å². The molecule has 0 radical (unpaired) electrons. The van der Waals surface area contributed by atoms with Crippen LogP contribution in [0.4, 0.5) is 5.69 Å². The van der Waals surface area contributed by atoms with E-state index in [1.807, 2.05) is 38.1 Å². The Labute approximate surface area is 185 Å². The second kappa shape index (κ2) is 9.01.